The molecule has 1 unspecified atom stereocenters. The first kappa shape index (κ1) is 11.5. The summed E-state index contributed by atoms with van der Waals surface area (Å²) in [5.41, 5.74) is 2.53. The van der Waals surface area contributed by atoms with Crippen molar-refractivity contribution in [3.63, 3.8) is 0 Å². The van der Waals surface area contributed by atoms with E-state index in [9.17, 15) is 0 Å². The molecule has 5 N–H and O–H groups in total. The lowest BCUT2D eigenvalue weighted by Crippen LogP contribution is -2.43. The average Bonchev–Trinajstić information content (AvgIpc) is 2.77. The lowest BCUT2D eigenvalue weighted by Gasteiger charge is -2.16. The Morgan fingerprint density at radius 2 is 2.47 bits per heavy atom. The van der Waals surface area contributed by atoms with E-state index >= 15 is 0 Å². The fourth-order valence-corrected chi connectivity index (χ4v) is 1.29. The molecule has 0 amide bonds. The van der Waals surface area contributed by atoms with Gasteiger partial charge < -0.3 is 10.3 Å². The molecular formula is C9H18N6. The van der Waals surface area contributed by atoms with Gasteiger partial charge in [0.15, 0.2) is 0 Å². The Labute approximate surface area is 89.4 Å². The second-order valence-corrected chi connectivity index (χ2v) is 3.05. The van der Waals surface area contributed by atoms with E-state index in [1.807, 2.05) is 6.92 Å². The third-order valence-corrected chi connectivity index (χ3v) is 2.02. The summed E-state index contributed by atoms with van der Waals surface area (Å²) in [6, 6.07) is 0.0985. The second kappa shape index (κ2) is 6.02. The van der Waals surface area contributed by atoms with Crippen molar-refractivity contribution in [3.05, 3.63) is 18.2 Å². The molecule has 0 radical (unpaired) electrons. The number of H-pyrrole nitrogens is 1. The number of nitrogens with one attached hydrogen (secondary N) is 3. The standard InChI is InChI=1S/C9H18N6/c1-3-7(8-12-5-6-13-8)14-9(15-10)11-4-2/h5-7H,3-4,10H2,1-2H3,(H,12,13)(H2,11,14,15). The summed E-state index contributed by atoms with van der Waals surface area (Å²) < 4.78 is 0. The van der Waals surface area contributed by atoms with Crippen molar-refractivity contribution >= 4 is 5.96 Å². The largest absolute Gasteiger partial charge is 0.347 e. The van der Waals surface area contributed by atoms with Crippen molar-refractivity contribution in [1.82, 2.24) is 20.7 Å². The van der Waals surface area contributed by atoms with Crippen molar-refractivity contribution in [1.29, 1.82) is 0 Å². The number of hydrogen-bond acceptors (Lipinski definition) is 3. The molecule has 0 spiro atoms. The number of rotatable bonds is 4. The van der Waals surface area contributed by atoms with Crippen LogP contribution in [0, 0.1) is 0 Å². The van der Waals surface area contributed by atoms with Gasteiger partial charge in [-0.25, -0.2) is 10.8 Å². The number of nitrogens with zero attached hydrogens (tertiary/aromatic N) is 2. The Bertz CT molecular complexity index is 292. The third-order valence-electron chi connectivity index (χ3n) is 2.02. The van der Waals surface area contributed by atoms with E-state index in [0.717, 1.165) is 12.2 Å². The van der Waals surface area contributed by atoms with Gasteiger partial charge in [-0.05, 0) is 13.3 Å². The summed E-state index contributed by atoms with van der Waals surface area (Å²) in [6.07, 6.45) is 4.43. The van der Waals surface area contributed by atoms with E-state index in [-0.39, 0.29) is 6.04 Å². The van der Waals surface area contributed by atoms with Gasteiger partial charge in [-0.15, -0.1) is 0 Å². The topological polar surface area (TPSA) is 91.1 Å². The molecule has 6 heteroatoms. The van der Waals surface area contributed by atoms with Crippen LogP contribution in [0.2, 0.25) is 0 Å². The minimum atomic E-state index is 0.0985. The minimum Gasteiger partial charge on any atom is -0.347 e. The molecule has 15 heavy (non-hydrogen) atoms. The fourth-order valence-electron chi connectivity index (χ4n) is 1.29. The first-order valence-electron chi connectivity index (χ1n) is 5.08. The van der Waals surface area contributed by atoms with Gasteiger partial charge in [-0.1, -0.05) is 6.92 Å². The Kier molecular flexibility index (Phi) is 4.62. The first-order chi connectivity index (χ1) is 7.31. The molecule has 1 atom stereocenters. The summed E-state index contributed by atoms with van der Waals surface area (Å²) in [6.45, 7) is 4.70. The monoisotopic (exact) mass is 210 g/mol. The van der Waals surface area contributed by atoms with Gasteiger partial charge in [0.05, 0.1) is 6.04 Å². The summed E-state index contributed by atoms with van der Waals surface area (Å²) in [4.78, 5) is 11.4. The maximum atomic E-state index is 5.34. The predicted molar refractivity (Wildman–Crippen MR) is 60.1 cm³/mol. The molecule has 1 aromatic rings. The number of hydrogen-bond donors (Lipinski definition) is 4. The van der Waals surface area contributed by atoms with Crippen molar-refractivity contribution in [2.45, 2.75) is 26.3 Å². The van der Waals surface area contributed by atoms with Crippen molar-refractivity contribution < 1.29 is 0 Å². The van der Waals surface area contributed by atoms with Gasteiger partial charge in [0.25, 0.3) is 0 Å². The first-order valence-corrected chi connectivity index (χ1v) is 5.08. The predicted octanol–water partition coefficient (Wildman–Crippen LogP) is 0.290. The summed E-state index contributed by atoms with van der Waals surface area (Å²) in [5, 5.41) is 3.18. The summed E-state index contributed by atoms with van der Waals surface area (Å²) >= 11 is 0. The van der Waals surface area contributed by atoms with Crippen LogP contribution in [0.1, 0.15) is 32.1 Å². The van der Waals surface area contributed by atoms with Crippen LogP contribution in [0.25, 0.3) is 0 Å². The molecule has 0 fully saturated rings. The number of aliphatic imine (C=N–C) groups is 1. The Morgan fingerprint density at radius 1 is 1.67 bits per heavy atom. The van der Waals surface area contributed by atoms with Crippen LogP contribution < -0.4 is 16.6 Å². The molecule has 0 saturated carbocycles. The van der Waals surface area contributed by atoms with E-state index in [1.165, 1.54) is 0 Å². The molecule has 1 rings (SSSR count). The molecule has 0 aliphatic carbocycles. The SMILES string of the molecule is CCN=C(NN)NC(CC)c1ncc[nH]1. The fraction of sp³-hybridized carbons (Fsp3) is 0.556. The van der Waals surface area contributed by atoms with Crippen molar-refractivity contribution in [3.8, 4) is 0 Å². The van der Waals surface area contributed by atoms with Crippen LogP contribution in [0.4, 0.5) is 0 Å². The van der Waals surface area contributed by atoms with Crippen LogP contribution in [-0.2, 0) is 0 Å². The smallest absolute Gasteiger partial charge is 0.206 e. The van der Waals surface area contributed by atoms with Gasteiger partial charge in [0.2, 0.25) is 5.96 Å². The number of aromatic amines is 1. The highest BCUT2D eigenvalue weighted by molar-refractivity contribution is 5.79. The van der Waals surface area contributed by atoms with Crippen molar-refractivity contribution in [2.24, 2.45) is 10.8 Å². The van der Waals surface area contributed by atoms with Crippen LogP contribution in [0.15, 0.2) is 17.4 Å². The summed E-state index contributed by atoms with van der Waals surface area (Å²) in [7, 11) is 0. The van der Waals surface area contributed by atoms with Crippen LogP contribution in [0.5, 0.6) is 0 Å². The van der Waals surface area contributed by atoms with E-state index in [2.05, 4.69) is 32.6 Å². The minimum absolute atomic E-state index is 0.0985. The maximum absolute atomic E-state index is 5.34. The van der Waals surface area contributed by atoms with Crippen LogP contribution >= 0.6 is 0 Å². The number of imidazole rings is 1. The zero-order chi connectivity index (χ0) is 11.1. The van der Waals surface area contributed by atoms with Crippen LogP contribution in [0.3, 0.4) is 0 Å². The second-order valence-electron chi connectivity index (χ2n) is 3.05. The van der Waals surface area contributed by atoms with E-state index in [1.54, 1.807) is 12.4 Å². The average molecular weight is 210 g/mol. The number of nitrogens with two attached hydrogens (primary N) is 1. The molecule has 0 aliphatic rings. The molecule has 84 valence electrons. The lowest BCUT2D eigenvalue weighted by molar-refractivity contribution is 0.580. The Morgan fingerprint density at radius 3 is 2.93 bits per heavy atom. The lowest BCUT2D eigenvalue weighted by atomic mass is 10.2. The normalized spacial score (nSPS) is 13.7. The molecule has 0 aromatic carbocycles. The zero-order valence-electron chi connectivity index (χ0n) is 9.12. The van der Waals surface area contributed by atoms with Crippen LogP contribution in [-0.4, -0.2) is 22.5 Å². The Hall–Kier alpha value is -1.56. The van der Waals surface area contributed by atoms with Gasteiger partial charge in [0.1, 0.15) is 5.82 Å². The molecule has 1 heterocycles. The van der Waals surface area contributed by atoms with E-state index in [4.69, 9.17) is 5.84 Å². The van der Waals surface area contributed by atoms with E-state index in [0.29, 0.717) is 12.5 Å². The summed E-state index contributed by atoms with van der Waals surface area (Å²) in [5.74, 6) is 6.81. The van der Waals surface area contributed by atoms with Gasteiger partial charge in [-0.2, -0.15) is 0 Å². The Balaban J connectivity index is 2.65. The van der Waals surface area contributed by atoms with Crippen molar-refractivity contribution in [2.75, 3.05) is 6.54 Å². The molecule has 0 bridgehead atoms. The highest BCUT2D eigenvalue weighted by Gasteiger charge is 2.12. The third kappa shape index (κ3) is 3.25. The number of guanidine groups is 1. The highest BCUT2D eigenvalue weighted by Crippen LogP contribution is 2.10. The molecule has 1 aromatic heterocycles. The molecule has 0 aliphatic heterocycles. The zero-order valence-corrected chi connectivity index (χ0v) is 9.12. The van der Waals surface area contributed by atoms with E-state index < -0.39 is 0 Å². The molecular weight excluding hydrogens is 192 g/mol. The highest BCUT2D eigenvalue weighted by atomic mass is 15.3. The van der Waals surface area contributed by atoms with Gasteiger partial charge in [-0.3, -0.25) is 10.4 Å². The quantitative estimate of drug-likeness (QED) is 0.249. The molecule has 0 saturated heterocycles. The maximum Gasteiger partial charge on any atom is 0.206 e. The van der Waals surface area contributed by atoms with Gasteiger partial charge in [0, 0.05) is 18.9 Å². The number of aromatic nitrogens is 2. The number of hydrazine groups is 1. The molecule has 6 nitrogen and oxygen atoms in total. The van der Waals surface area contributed by atoms with Gasteiger partial charge >= 0.3 is 0 Å².